The van der Waals surface area contributed by atoms with Gasteiger partial charge >= 0.3 is 0 Å². The molecule has 0 bridgehead atoms. The van der Waals surface area contributed by atoms with Crippen molar-refractivity contribution >= 4 is 33.3 Å². The first kappa shape index (κ1) is 14.4. The van der Waals surface area contributed by atoms with Crippen molar-refractivity contribution in [3.05, 3.63) is 57.2 Å². The topological polar surface area (TPSA) is 45.8 Å². The first-order valence-electron chi connectivity index (χ1n) is 6.89. The summed E-state index contributed by atoms with van der Waals surface area (Å²) in [5, 5.41) is 1.42. The Kier molecular flexibility index (Phi) is 4.41. The molecule has 0 spiro atoms. The fourth-order valence-corrected chi connectivity index (χ4v) is 3.93. The molecule has 5 heteroatoms. The summed E-state index contributed by atoms with van der Waals surface area (Å²) in [6.45, 7) is 2.00. The van der Waals surface area contributed by atoms with Crippen molar-refractivity contribution in [2.24, 2.45) is 0 Å². The van der Waals surface area contributed by atoms with Gasteiger partial charge in [-0.25, -0.2) is 4.98 Å². The minimum Gasteiger partial charge on any atom is -0.301 e. The zero-order valence-electron chi connectivity index (χ0n) is 11.8. The van der Waals surface area contributed by atoms with Crippen LogP contribution in [0.1, 0.15) is 16.9 Å². The molecule has 0 unspecified atom stereocenters. The second kappa shape index (κ2) is 6.45. The molecular formula is C16H16N2OS2. The van der Waals surface area contributed by atoms with E-state index in [1.807, 2.05) is 19.1 Å². The summed E-state index contributed by atoms with van der Waals surface area (Å²) >= 11 is 3.19. The van der Waals surface area contributed by atoms with Crippen LogP contribution in [0.25, 0.3) is 10.2 Å². The number of rotatable bonds is 5. The highest BCUT2D eigenvalue weighted by molar-refractivity contribution is 7.99. The highest BCUT2D eigenvalue weighted by Gasteiger charge is 2.07. The maximum atomic E-state index is 12.0. The largest absolute Gasteiger partial charge is 0.301 e. The van der Waals surface area contributed by atoms with Gasteiger partial charge in [0.25, 0.3) is 5.56 Å². The monoisotopic (exact) mass is 316 g/mol. The molecule has 0 fully saturated rings. The Morgan fingerprint density at radius 2 is 2.10 bits per heavy atom. The van der Waals surface area contributed by atoms with Crippen molar-refractivity contribution in [1.29, 1.82) is 0 Å². The van der Waals surface area contributed by atoms with Crippen LogP contribution in [-0.2, 0) is 6.42 Å². The van der Waals surface area contributed by atoms with Crippen LogP contribution in [0.4, 0.5) is 0 Å². The lowest BCUT2D eigenvalue weighted by molar-refractivity contribution is 0.920. The second-order valence-electron chi connectivity index (χ2n) is 4.88. The van der Waals surface area contributed by atoms with Crippen LogP contribution in [0.5, 0.6) is 0 Å². The summed E-state index contributed by atoms with van der Waals surface area (Å²) in [5.41, 5.74) is 1.32. The highest BCUT2D eigenvalue weighted by Crippen LogP contribution is 2.22. The van der Waals surface area contributed by atoms with E-state index in [1.54, 1.807) is 23.1 Å². The standard InChI is InChI=1S/C16H16N2OS2/c1-11-10-13-14(19)17-16(18-15(13)21-11)20-9-5-8-12-6-3-2-4-7-12/h2-4,6-7,10H,5,8-9H2,1H3,(H,17,18,19). The lowest BCUT2D eigenvalue weighted by Gasteiger charge is -2.02. The van der Waals surface area contributed by atoms with Gasteiger partial charge in [0.1, 0.15) is 4.83 Å². The molecule has 0 atom stereocenters. The number of aromatic amines is 1. The molecule has 0 radical (unpaired) electrons. The Hall–Kier alpha value is -1.59. The third-order valence-corrected chi connectivity index (χ3v) is 5.10. The zero-order chi connectivity index (χ0) is 14.7. The Balaban J connectivity index is 1.62. The molecule has 0 aliphatic heterocycles. The van der Waals surface area contributed by atoms with Gasteiger partial charge in [0.2, 0.25) is 0 Å². The van der Waals surface area contributed by atoms with E-state index in [0.717, 1.165) is 33.5 Å². The van der Waals surface area contributed by atoms with E-state index in [9.17, 15) is 4.79 Å². The first-order valence-corrected chi connectivity index (χ1v) is 8.70. The van der Waals surface area contributed by atoms with Crippen molar-refractivity contribution < 1.29 is 0 Å². The minimum atomic E-state index is -0.0325. The SMILES string of the molecule is Cc1cc2c(=O)[nH]c(SCCCc3ccccc3)nc2s1. The van der Waals surface area contributed by atoms with Gasteiger partial charge in [-0.05, 0) is 31.4 Å². The van der Waals surface area contributed by atoms with Crippen LogP contribution in [0.3, 0.4) is 0 Å². The lowest BCUT2D eigenvalue weighted by Crippen LogP contribution is -2.07. The van der Waals surface area contributed by atoms with Crippen molar-refractivity contribution in [3.63, 3.8) is 0 Å². The number of benzene rings is 1. The zero-order valence-corrected chi connectivity index (χ0v) is 13.4. The summed E-state index contributed by atoms with van der Waals surface area (Å²) in [4.78, 5) is 21.3. The predicted octanol–water partition coefficient (Wildman–Crippen LogP) is 4.02. The highest BCUT2D eigenvalue weighted by atomic mass is 32.2. The number of aryl methyl sites for hydroxylation is 2. The third-order valence-electron chi connectivity index (χ3n) is 3.20. The predicted molar refractivity (Wildman–Crippen MR) is 90.5 cm³/mol. The average Bonchev–Trinajstić information content (AvgIpc) is 2.86. The maximum absolute atomic E-state index is 12.0. The van der Waals surface area contributed by atoms with Crippen molar-refractivity contribution in [1.82, 2.24) is 9.97 Å². The third kappa shape index (κ3) is 3.54. The number of thiophene rings is 1. The molecule has 0 amide bonds. The number of H-pyrrole nitrogens is 1. The van der Waals surface area contributed by atoms with E-state index < -0.39 is 0 Å². The number of fused-ring (bicyclic) bond motifs is 1. The Morgan fingerprint density at radius 1 is 1.29 bits per heavy atom. The van der Waals surface area contributed by atoms with Crippen LogP contribution in [0.15, 0.2) is 46.3 Å². The molecule has 1 N–H and O–H groups in total. The maximum Gasteiger partial charge on any atom is 0.260 e. The van der Waals surface area contributed by atoms with Gasteiger partial charge in [-0.1, -0.05) is 42.1 Å². The van der Waals surface area contributed by atoms with E-state index in [0.29, 0.717) is 5.39 Å². The summed E-state index contributed by atoms with van der Waals surface area (Å²) < 4.78 is 0. The van der Waals surface area contributed by atoms with Crippen LogP contribution in [-0.4, -0.2) is 15.7 Å². The molecule has 3 aromatic rings. The smallest absolute Gasteiger partial charge is 0.260 e. The molecule has 108 valence electrons. The van der Waals surface area contributed by atoms with Crippen LogP contribution in [0.2, 0.25) is 0 Å². The van der Waals surface area contributed by atoms with Gasteiger partial charge in [-0.15, -0.1) is 11.3 Å². The number of aromatic nitrogens is 2. The van der Waals surface area contributed by atoms with E-state index in [-0.39, 0.29) is 5.56 Å². The van der Waals surface area contributed by atoms with Crippen molar-refractivity contribution in [2.45, 2.75) is 24.9 Å². The molecule has 21 heavy (non-hydrogen) atoms. The van der Waals surface area contributed by atoms with Crippen molar-refractivity contribution in [2.75, 3.05) is 5.75 Å². The molecule has 0 saturated heterocycles. The molecule has 2 aromatic heterocycles. The molecule has 3 nitrogen and oxygen atoms in total. The normalized spacial score (nSPS) is 11.1. The molecule has 1 aromatic carbocycles. The summed E-state index contributed by atoms with van der Waals surface area (Å²) in [6, 6.07) is 12.3. The molecule has 3 rings (SSSR count). The summed E-state index contributed by atoms with van der Waals surface area (Å²) in [6.07, 6.45) is 2.12. The van der Waals surface area contributed by atoms with E-state index in [4.69, 9.17) is 0 Å². The van der Waals surface area contributed by atoms with Gasteiger partial charge in [-0.3, -0.25) is 4.79 Å². The number of nitrogens with zero attached hydrogens (tertiary/aromatic N) is 1. The molecule has 0 saturated carbocycles. The van der Waals surface area contributed by atoms with Gasteiger partial charge < -0.3 is 4.98 Å². The van der Waals surface area contributed by atoms with Gasteiger partial charge in [-0.2, -0.15) is 0 Å². The molecule has 2 heterocycles. The van der Waals surface area contributed by atoms with Gasteiger partial charge in [0.15, 0.2) is 5.16 Å². The molecule has 0 aliphatic rings. The fourth-order valence-electron chi connectivity index (χ4n) is 2.19. The first-order chi connectivity index (χ1) is 10.2. The minimum absolute atomic E-state index is 0.0325. The number of hydrogen-bond acceptors (Lipinski definition) is 4. The van der Waals surface area contributed by atoms with E-state index >= 15 is 0 Å². The fraction of sp³-hybridized carbons (Fsp3) is 0.250. The lowest BCUT2D eigenvalue weighted by atomic mass is 10.1. The van der Waals surface area contributed by atoms with E-state index in [1.165, 1.54) is 5.56 Å². The number of thioether (sulfide) groups is 1. The van der Waals surface area contributed by atoms with Crippen molar-refractivity contribution in [3.8, 4) is 0 Å². The number of nitrogens with one attached hydrogen (secondary N) is 1. The van der Waals surface area contributed by atoms with Gasteiger partial charge in [0, 0.05) is 10.6 Å². The Morgan fingerprint density at radius 3 is 2.90 bits per heavy atom. The quantitative estimate of drug-likeness (QED) is 0.439. The van der Waals surface area contributed by atoms with Crippen LogP contribution in [0, 0.1) is 6.92 Å². The average molecular weight is 316 g/mol. The molecule has 0 aliphatic carbocycles. The number of hydrogen-bond donors (Lipinski definition) is 1. The summed E-state index contributed by atoms with van der Waals surface area (Å²) in [5.74, 6) is 0.952. The Labute approximate surface area is 131 Å². The second-order valence-corrected chi connectivity index (χ2v) is 7.20. The van der Waals surface area contributed by atoms with E-state index in [2.05, 4.69) is 34.2 Å². The Bertz CT molecular complexity index is 793. The van der Waals surface area contributed by atoms with Crippen LogP contribution < -0.4 is 5.56 Å². The molecular weight excluding hydrogens is 300 g/mol. The van der Waals surface area contributed by atoms with Crippen LogP contribution >= 0.6 is 23.1 Å². The summed E-state index contributed by atoms with van der Waals surface area (Å²) in [7, 11) is 0. The van der Waals surface area contributed by atoms with Gasteiger partial charge in [0.05, 0.1) is 5.39 Å².